The molecule has 0 aromatic heterocycles. The molecule has 0 N–H and O–H groups in total. The third-order valence-corrected chi connectivity index (χ3v) is 2.35. The Kier molecular flexibility index (Phi) is 3.04. The van der Waals surface area contributed by atoms with E-state index < -0.39 is 0 Å². The van der Waals surface area contributed by atoms with Gasteiger partial charge < -0.3 is 0 Å². The predicted molar refractivity (Wildman–Crippen MR) is 46.4 cm³/mol. The average molecular weight is 155 g/mol. The van der Waals surface area contributed by atoms with Crippen molar-refractivity contribution in [3.05, 3.63) is 0 Å². The molecule has 2 unspecified atom stereocenters. The minimum atomic E-state index is 0.797. The van der Waals surface area contributed by atoms with Crippen LogP contribution in [0.1, 0.15) is 26.2 Å². The zero-order valence-corrected chi connectivity index (χ0v) is 7.16. The molecule has 0 aliphatic heterocycles. The van der Waals surface area contributed by atoms with Gasteiger partial charge in [0.05, 0.1) is 11.7 Å². The van der Waals surface area contributed by atoms with Crippen LogP contribution in [0.15, 0.2) is 4.99 Å². The smallest absolute Gasteiger partial charge is 0.0585 e. The number of nitrogens with zero attached hydrogens (tertiary/aromatic N) is 1. The Morgan fingerprint density at radius 1 is 1.60 bits per heavy atom. The lowest BCUT2D eigenvalue weighted by atomic mass is 10.1. The molecule has 1 fully saturated rings. The van der Waals surface area contributed by atoms with Crippen molar-refractivity contribution in [3.8, 4) is 0 Å². The summed E-state index contributed by atoms with van der Waals surface area (Å²) in [7, 11) is 0. The van der Waals surface area contributed by atoms with Crippen molar-refractivity contribution in [2.24, 2.45) is 16.8 Å². The number of aliphatic imine (C=N–C) groups is 1. The summed E-state index contributed by atoms with van der Waals surface area (Å²) in [5.41, 5.74) is 0. The summed E-state index contributed by atoms with van der Waals surface area (Å²) in [6, 6.07) is 0. The van der Waals surface area contributed by atoms with Gasteiger partial charge in [-0.05, 0) is 36.9 Å². The summed E-state index contributed by atoms with van der Waals surface area (Å²) < 4.78 is 0. The number of thiocarbonyl (C=S) groups is 1. The summed E-state index contributed by atoms with van der Waals surface area (Å²) in [5.74, 6) is 1.70. The van der Waals surface area contributed by atoms with E-state index in [2.05, 4.69) is 29.3 Å². The van der Waals surface area contributed by atoms with Gasteiger partial charge in [-0.15, -0.1) is 0 Å². The highest BCUT2D eigenvalue weighted by molar-refractivity contribution is 7.78. The van der Waals surface area contributed by atoms with Crippen LogP contribution in [0, 0.1) is 11.8 Å². The maximum Gasteiger partial charge on any atom is 0.0585 e. The van der Waals surface area contributed by atoms with Crippen LogP contribution < -0.4 is 0 Å². The van der Waals surface area contributed by atoms with Crippen LogP contribution in [0.4, 0.5) is 0 Å². The van der Waals surface area contributed by atoms with E-state index in [1.807, 2.05) is 0 Å². The van der Waals surface area contributed by atoms with Crippen LogP contribution in [0.25, 0.3) is 0 Å². The van der Waals surface area contributed by atoms with E-state index in [-0.39, 0.29) is 0 Å². The fourth-order valence-corrected chi connectivity index (χ4v) is 1.73. The van der Waals surface area contributed by atoms with E-state index in [9.17, 15) is 0 Å². The standard InChI is InChI=1S/C8H13NS/c1-7-2-3-8(4-7)5-9-6-10/h7-8H,2-5H2,1H3. The van der Waals surface area contributed by atoms with Gasteiger partial charge in [-0.3, -0.25) is 0 Å². The normalized spacial score (nSPS) is 31.7. The summed E-state index contributed by atoms with van der Waals surface area (Å²) in [6.07, 6.45) is 4.04. The Labute approximate surface area is 67.5 Å². The van der Waals surface area contributed by atoms with Crippen LogP contribution in [-0.4, -0.2) is 11.7 Å². The number of rotatable bonds is 2. The molecule has 0 bridgehead atoms. The summed E-state index contributed by atoms with van der Waals surface area (Å²) in [4.78, 5) is 3.95. The summed E-state index contributed by atoms with van der Waals surface area (Å²) >= 11 is 4.50. The molecular formula is C8H13NS. The second kappa shape index (κ2) is 3.85. The molecule has 1 aliphatic carbocycles. The van der Waals surface area contributed by atoms with Gasteiger partial charge in [0.1, 0.15) is 0 Å². The Hall–Kier alpha value is -0.200. The van der Waals surface area contributed by atoms with Gasteiger partial charge in [-0.1, -0.05) is 13.3 Å². The molecule has 0 amide bonds. The lowest BCUT2D eigenvalue weighted by molar-refractivity contribution is 0.527. The zero-order chi connectivity index (χ0) is 7.40. The minimum Gasteiger partial charge on any atom is -0.232 e. The fourth-order valence-electron chi connectivity index (χ4n) is 1.66. The average Bonchev–Trinajstić information content (AvgIpc) is 2.31. The molecule has 2 atom stereocenters. The van der Waals surface area contributed by atoms with Crippen molar-refractivity contribution in [1.29, 1.82) is 0 Å². The van der Waals surface area contributed by atoms with Gasteiger partial charge in [0.15, 0.2) is 0 Å². The molecule has 0 aromatic rings. The molecule has 1 saturated carbocycles. The minimum absolute atomic E-state index is 0.797. The van der Waals surface area contributed by atoms with Gasteiger partial charge in [0.2, 0.25) is 0 Å². The highest BCUT2D eigenvalue weighted by Gasteiger charge is 2.20. The second-order valence-electron chi connectivity index (χ2n) is 3.22. The molecule has 0 heterocycles. The van der Waals surface area contributed by atoms with Gasteiger partial charge >= 0.3 is 0 Å². The van der Waals surface area contributed by atoms with Crippen LogP contribution in [0.5, 0.6) is 0 Å². The maximum absolute atomic E-state index is 4.50. The quantitative estimate of drug-likeness (QED) is 0.441. The first-order valence-corrected chi connectivity index (χ1v) is 4.27. The Balaban J connectivity index is 2.24. The Morgan fingerprint density at radius 3 is 2.90 bits per heavy atom. The molecule has 1 aliphatic rings. The van der Waals surface area contributed by atoms with E-state index in [0.29, 0.717) is 0 Å². The van der Waals surface area contributed by atoms with Crippen molar-refractivity contribution in [1.82, 2.24) is 0 Å². The van der Waals surface area contributed by atoms with Gasteiger partial charge in [0.25, 0.3) is 0 Å². The Bertz CT molecular complexity index is 149. The fraction of sp³-hybridized carbons (Fsp3) is 0.875. The summed E-state index contributed by atoms with van der Waals surface area (Å²) in [5, 5.41) is 2.42. The van der Waals surface area contributed by atoms with Crippen LogP contribution in [0.2, 0.25) is 0 Å². The maximum atomic E-state index is 4.50. The molecule has 0 spiro atoms. The van der Waals surface area contributed by atoms with E-state index in [4.69, 9.17) is 0 Å². The van der Waals surface area contributed by atoms with Crippen molar-refractivity contribution < 1.29 is 0 Å². The largest absolute Gasteiger partial charge is 0.232 e. The first kappa shape index (κ1) is 7.90. The SMILES string of the molecule is CC1CCC(CN=C=S)C1. The molecule has 1 nitrogen and oxygen atoms in total. The first-order valence-electron chi connectivity index (χ1n) is 3.86. The monoisotopic (exact) mass is 155 g/mol. The summed E-state index contributed by atoms with van der Waals surface area (Å²) in [6.45, 7) is 3.22. The lowest BCUT2D eigenvalue weighted by Gasteiger charge is -2.02. The molecule has 10 heavy (non-hydrogen) atoms. The molecule has 0 saturated heterocycles. The van der Waals surface area contributed by atoms with E-state index in [1.165, 1.54) is 19.3 Å². The van der Waals surface area contributed by atoms with Gasteiger partial charge in [-0.25, -0.2) is 4.99 Å². The van der Waals surface area contributed by atoms with E-state index in [1.54, 1.807) is 0 Å². The highest BCUT2D eigenvalue weighted by Crippen LogP contribution is 2.30. The van der Waals surface area contributed by atoms with Crippen LogP contribution in [-0.2, 0) is 0 Å². The molecular weight excluding hydrogens is 142 g/mol. The zero-order valence-electron chi connectivity index (χ0n) is 6.34. The number of isothiocyanates is 1. The third-order valence-electron chi connectivity index (χ3n) is 2.22. The van der Waals surface area contributed by atoms with E-state index in [0.717, 1.165) is 18.4 Å². The molecule has 0 radical (unpaired) electrons. The van der Waals surface area contributed by atoms with Crippen molar-refractivity contribution in [2.45, 2.75) is 26.2 Å². The van der Waals surface area contributed by atoms with Crippen LogP contribution in [0.3, 0.4) is 0 Å². The van der Waals surface area contributed by atoms with Crippen molar-refractivity contribution in [3.63, 3.8) is 0 Å². The number of hydrogen-bond acceptors (Lipinski definition) is 2. The first-order chi connectivity index (χ1) is 4.83. The molecule has 0 aromatic carbocycles. The predicted octanol–water partition coefficient (Wildman–Crippen LogP) is 2.53. The van der Waals surface area contributed by atoms with Crippen molar-refractivity contribution >= 4 is 17.4 Å². The van der Waals surface area contributed by atoms with Gasteiger partial charge in [0, 0.05) is 0 Å². The molecule has 1 rings (SSSR count). The van der Waals surface area contributed by atoms with Crippen LogP contribution >= 0.6 is 12.2 Å². The Morgan fingerprint density at radius 2 is 2.40 bits per heavy atom. The second-order valence-corrected chi connectivity index (χ2v) is 3.40. The molecule has 2 heteroatoms. The third kappa shape index (κ3) is 2.20. The van der Waals surface area contributed by atoms with Crippen molar-refractivity contribution in [2.75, 3.05) is 6.54 Å². The molecule has 56 valence electrons. The lowest BCUT2D eigenvalue weighted by Crippen LogP contribution is -1.97. The highest BCUT2D eigenvalue weighted by atomic mass is 32.1. The van der Waals surface area contributed by atoms with Gasteiger partial charge in [-0.2, -0.15) is 0 Å². The number of hydrogen-bond donors (Lipinski definition) is 0. The van der Waals surface area contributed by atoms with E-state index >= 15 is 0 Å². The topological polar surface area (TPSA) is 12.4 Å².